The molecule has 1 aromatic carbocycles. The Hall–Kier alpha value is -2.55. The van der Waals surface area contributed by atoms with Crippen molar-refractivity contribution >= 4 is 35.3 Å². The van der Waals surface area contributed by atoms with Crippen LogP contribution in [0.1, 0.15) is 36.1 Å². The van der Waals surface area contributed by atoms with Crippen LogP contribution in [0, 0.1) is 20.8 Å². The topological polar surface area (TPSA) is 112 Å². The van der Waals surface area contributed by atoms with E-state index >= 15 is 0 Å². The van der Waals surface area contributed by atoms with E-state index in [0.717, 1.165) is 34.1 Å². The number of esters is 1. The molecule has 146 valence electrons. The van der Waals surface area contributed by atoms with Crippen LogP contribution >= 0.6 is 11.8 Å². The average Bonchev–Trinajstić information content (AvgIpc) is 2.97. The molecule has 9 heteroatoms. The molecule has 0 saturated heterocycles. The van der Waals surface area contributed by atoms with Crippen molar-refractivity contribution in [2.24, 2.45) is 0 Å². The van der Waals surface area contributed by atoms with E-state index in [1.54, 1.807) is 4.57 Å². The van der Waals surface area contributed by atoms with Crippen LogP contribution in [0.4, 0.5) is 11.6 Å². The Balaban J connectivity index is 2.28. The van der Waals surface area contributed by atoms with Gasteiger partial charge >= 0.3 is 5.97 Å². The number of amides is 1. The summed E-state index contributed by atoms with van der Waals surface area (Å²) in [5, 5.41) is 11.3. The molecule has 0 radical (unpaired) electrons. The molecule has 0 aliphatic rings. The molecule has 2 aromatic rings. The number of nitrogen functional groups attached to an aromatic ring is 1. The summed E-state index contributed by atoms with van der Waals surface area (Å²) in [5.41, 5.74) is 9.86. The van der Waals surface area contributed by atoms with Crippen molar-refractivity contribution < 1.29 is 14.3 Å². The van der Waals surface area contributed by atoms with Crippen LogP contribution in [0.15, 0.2) is 17.3 Å². The molecule has 1 amide bonds. The molecule has 0 aliphatic heterocycles. The van der Waals surface area contributed by atoms with Gasteiger partial charge in [0.15, 0.2) is 5.16 Å². The van der Waals surface area contributed by atoms with Gasteiger partial charge in [0, 0.05) is 5.69 Å². The molecular formula is C18H25N5O3S. The van der Waals surface area contributed by atoms with Gasteiger partial charge in [0.2, 0.25) is 11.9 Å². The molecule has 1 unspecified atom stereocenters. The van der Waals surface area contributed by atoms with Crippen LogP contribution in [0.25, 0.3) is 0 Å². The second kappa shape index (κ2) is 8.90. The molecule has 2 rings (SSSR count). The summed E-state index contributed by atoms with van der Waals surface area (Å²) in [4.78, 5) is 24.4. The highest BCUT2D eigenvalue weighted by Crippen LogP contribution is 2.28. The third-order valence-corrected chi connectivity index (χ3v) is 5.08. The molecule has 0 fully saturated rings. The maximum absolute atomic E-state index is 13.0. The van der Waals surface area contributed by atoms with E-state index in [4.69, 9.17) is 5.73 Å². The third kappa shape index (κ3) is 4.79. The number of carbonyl (C=O) groups excluding carboxylic acids is 2. The molecule has 8 nitrogen and oxygen atoms in total. The van der Waals surface area contributed by atoms with Crippen molar-refractivity contribution in [2.75, 3.05) is 23.9 Å². The lowest BCUT2D eigenvalue weighted by molar-refractivity contribution is -0.137. The number of benzene rings is 1. The zero-order valence-corrected chi connectivity index (χ0v) is 17.0. The standard InChI is InChI=1S/C18H25N5O3S/c1-6-13(16(25)20-15-11(3)7-10(2)8-12(15)4)23-17(19)21-22-18(23)27-9-14(24)26-5/h7-8,13H,6,9H2,1-5H3,(H2,19,21)(H,20,25). The number of nitrogens with two attached hydrogens (primary N) is 1. The number of aryl methyl sites for hydroxylation is 3. The molecule has 0 bridgehead atoms. The predicted octanol–water partition coefficient (Wildman–Crippen LogP) is 2.64. The maximum Gasteiger partial charge on any atom is 0.316 e. The lowest BCUT2D eigenvalue weighted by atomic mass is 10.0. The third-order valence-electron chi connectivity index (χ3n) is 4.16. The van der Waals surface area contributed by atoms with Crippen molar-refractivity contribution in [3.8, 4) is 0 Å². The van der Waals surface area contributed by atoms with Crippen molar-refractivity contribution in [1.29, 1.82) is 0 Å². The first-order valence-corrected chi connectivity index (χ1v) is 9.55. The Morgan fingerprint density at radius 1 is 1.26 bits per heavy atom. The van der Waals surface area contributed by atoms with Crippen LogP contribution in [0.5, 0.6) is 0 Å². The van der Waals surface area contributed by atoms with Gasteiger partial charge in [-0.2, -0.15) is 0 Å². The fraction of sp³-hybridized carbons (Fsp3) is 0.444. The molecule has 3 N–H and O–H groups in total. The number of carbonyl (C=O) groups is 2. The molecule has 1 heterocycles. The summed E-state index contributed by atoms with van der Waals surface area (Å²) in [6.45, 7) is 7.82. The number of nitrogens with one attached hydrogen (secondary N) is 1. The number of hydrogen-bond acceptors (Lipinski definition) is 7. The van der Waals surface area contributed by atoms with Crippen molar-refractivity contribution in [3.05, 3.63) is 28.8 Å². The Kier molecular flexibility index (Phi) is 6.84. The monoisotopic (exact) mass is 391 g/mol. The molecule has 0 saturated carbocycles. The normalized spacial score (nSPS) is 11.9. The van der Waals surface area contributed by atoms with Gasteiger partial charge in [-0.05, 0) is 38.3 Å². The highest BCUT2D eigenvalue weighted by Gasteiger charge is 2.26. The maximum atomic E-state index is 13.0. The number of nitrogens with zero attached hydrogens (tertiary/aromatic N) is 3. The fourth-order valence-corrected chi connectivity index (χ4v) is 3.75. The van der Waals surface area contributed by atoms with Crippen LogP contribution in [-0.4, -0.2) is 39.5 Å². The molecule has 27 heavy (non-hydrogen) atoms. The highest BCUT2D eigenvalue weighted by molar-refractivity contribution is 7.99. The van der Waals surface area contributed by atoms with Crippen LogP contribution in [0.2, 0.25) is 0 Å². The minimum Gasteiger partial charge on any atom is -0.468 e. The summed E-state index contributed by atoms with van der Waals surface area (Å²) in [6.07, 6.45) is 0.490. The quantitative estimate of drug-likeness (QED) is 0.551. The molecule has 1 aromatic heterocycles. The summed E-state index contributed by atoms with van der Waals surface area (Å²) in [7, 11) is 1.32. The van der Waals surface area contributed by atoms with E-state index in [-0.39, 0.29) is 17.6 Å². The molecule has 0 aliphatic carbocycles. The van der Waals surface area contributed by atoms with Gasteiger partial charge in [-0.3, -0.25) is 14.2 Å². The number of rotatable bonds is 7. The van der Waals surface area contributed by atoms with Gasteiger partial charge in [-0.25, -0.2) is 0 Å². The SMILES string of the molecule is CCC(C(=O)Nc1c(C)cc(C)cc1C)n1c(N)nnc1SCC(=O)OC. The minimum absolute atomic E-state index is 0.0584. The fourth-order valence-electron chi connectivity index (χ4n) is 2.93. The second-order valence-electron chi connectivity index (χ2n) is 6.26. The van der Waals surface area contributed by atoms with Crippen molar-refractivity contribution in [1.82, 2.24) is 14.8 Å². The molecular weight excluding hydrogens is 366 g/mol. The van der Waals surface area contributed by atoms with Gasteiger partial charge in [0.25, 0.3) is 0 Å². The number of thioether (sulfide) groups is 1. The van der Waals surface area contributed by atoms with Gasteiger partial charge in [0.05, 0.1) is 12.9 Å². The summed E-state index contributed by atoms with van der Waals surface area (Å²) in [6, 6.07) is 3.45. The van der Waals surface area contributed by atoms with E-state index in [1.165, 1.54) is 7.11 Å². The van der Waals surface area contributed by atoms with E-state index in [9.17, 15) is 9.59 Å². The number of anilines is 2. The first-order chi connectivity index (χ1) is 12.8. The van der Waals surface area contributed by atoms with E-state index in [0.29, 0.717) is 11.6 Å². The van der Waals surface area contributed by atoms with Gasteiger partial charge in [0.1, 0.15) is 6.04 Å². The van der Waals surface area contributed by atoms with Crippen LogP contribution < -0.4 is 11.1 Å². The first kappa shape index (κ1) is 20.8. The average molecular weight is 391 g/mol. The Labute approximate surface area is 162 Å². The number of aromatic nitrogens is 3. The van der Waals surface area contributed by atoms with Gasteiger partial charge in [-0.15, -0.1) is 10.2 Å². The number of hydrogen-bond donors (Lipinski definition) is 2. The van der Waals surface area contributed by atoms with Gasteiger partial charge < -0.3 is 15.8 Å². The molecule has 0 spiro atoms. The number of methoxy groups -OCH3 is 1. The number of ether oxygens (including phenoxy) is 1. The smallest absolute Gasteiger partial charge is 0.316 e. The summed E-state index contributed by atoms with van der Waals surface area (Å²) >= 11 is 1.13. The first-order valence-electron chi connectivity index (χ1n) is 8.57. The lowest BCUT2D eigenvalue weighted by Gasteiger charge is -2.20. The Morgan fingerprint density at radius 3 is 2.44 bits per heavy atom. The van der Waals surface area contributed by atoms with Crippen molar-refractivity contribution in [2.45, 2.75) is 45.3 Å². The Morgan fingerprint density at radius 2 is 1.89 bits per heavy atom. The van der Waals surface area contributed by atoms with Crippen molar-refractivity contribution in [3.63, 3.8) is 0 Å². The molecule has 1 atom stereocenters. The van der Waals surface area contributed by atoms with E-state index in [1.807, 2.05) is 39.8 Å². The van der Waals surface area contributed by atoms with E-state index in [2.05, 4.69) is 20.3 Å². The van der Waals surface area contributed by atoms with E-state index < -0.39 is 12.0 Å². The predicted molar refractivity (Wildman–Crippen MR) is 106 cm³/mol. The second-order valence-corrected chi connectivity index (χ2v) is 7.21. The Bertz CT molecular complexity index is 827. The largest absolute Gasteiger partial charge is 0.468 e. The van der Waals surface area contributed by atoms with Crippen LogP contribution in [-0.2, 0) is 14.3 Å². The summed E-state index contributed by atoms with van der Waals surface area (Å²) in [5.74, 6) is -0.416. The zero-order valence-electron chi connectivity index (χ0n) is 16.2. The highest BCUT2D eigenvalue weighted by atomic mass is 32.2. The van der Waals surface area contributed by atoms with Gasteiger partial charge in [-0.1, -0.05) is 36.4 Å². The minimum atomic E-state index is -0.597. The van der Waals surface area contributed by atoms with Crippen LogP contribution in [0.3, 0.4) is 0 Å². The zero-order chi connectivity index (χ0) is 20.1. The lowest BCUT2D eigenvalue weighted by Crippen LogP contribution is -2.28. The summed E-state index contributed by atoms with van der Waals surface area (Å²) < 4.78 is 6.20.